The number of hydrogen-bond acceptors (Lipinski definition) is 3. The van der Waals surface area contributed by atoms with E-state index < -0.39 is 10.0 Å². The average molecular weight is 497 g/mol. The quantitative estimate of drug-likeness (QED) is 0.222. The molecule has 0 amide bonds. The summed E-state index contributed by atoms with van der Waals surface area (Å²) in [7, 11) is 0.0738. The molecule has 1 aliphatic carbocycles. The number of nitrogens with zero attached hydrogens (tertiary/aromatic N) is 2. The Hall–Kier alpha value is -0.810. The van der Waals surface area contributed by atoms with E-state index in [0.29, 0.717) is 18.5 Å². The van der Waals surface area contributed by atoms with Crippen LogP contribution in [-0.4, -0.2) is 45.6 Å². The number of hydrogen-bond donors (Lipinski definition) is 3. The largest absolute Gasteiger partial charge is 0.356 e. The van der Waals surface area contributed by atoms with Gasteiger partial charge in [0, 0.05) is 46.1 Å². The Kier molecular flexibility index (Phi) is 9.39. The van der Waals surface area contributed by atoms with Crippen LogP contribution < -0.4 is 15.4 Å². The van der Waals surface area contributed by atoms with E-state index in [2.05, 4.69) is 27.3 Å². The van der Waals surface area contributed by atoms with Crippen LogP contribution in [0.5, 0.6) is 0 Å². The molecule has 150 valence electrons. The second-order valence-corrected chi connectivity index (χ2v) is 8.59. The number of aromatic nitrogens is 1. The molecule has 0 saturated heterocycles. The summed E-state index contributed by atoms with van der Waals surface area (Å²) in [4.78, 5) is 4.50. The first-order valence-electron chi connectivity index (χ1n) is 8.97. The molecular formula is C17H32IN5O2S. The third kappa shape index (κ3) is 6.41. The zero-order valence-corrected chi connectivity index (χ0v) is 19.1. The number of rotatable bonds is 8. The fourth-order valence-corrected chi connectivity index (χ4v) is 4.44. The van der Waals surface area contributed by atoms with Gasteiger partial charge in [0.1, 0.15) is 0 Å². The highest BCUT2D eigenvalue weighted by molar-refractivity contribution is 14.0. The van der Waals surface area contributed by atoms with Crippen LogP contribution in [0.1, 0.15) is 39.0 Å². The van der Waals surface area contributed by atoms with Gasteiger partial charge in [-0.2, -0.15) is 0 Å². The lowest BCUT2D eigenvalue weighted by Gasteiger charge is -2.28. The van der Waals surface area contributed by atoms with E-state index in [0.717, 1.165) is 12.5 Å². The zero-order valence-electron chi connectivity index (χ0n) is 15.9. The van der Waals surface area contributed by atoms with Crippen molar-refractivity contribution in [3.05, 3.63) is 18.5 Å². The maximum atomic E-state index is 12.1. The predicted octanol–water partition coefficient (Wildman–Crippen LogP) is 2.06. The summed E-state index contributed by atoms with van der Waals surface area (Å²) in [5.41, 5.74) is 0.381. The normalized spacial score (nSPS) is 17.0. The number of aryl methyl sites for hydroxylation is 1. The molecule has 0 unspecified atom stereocenters. The highest BCUT2D eigenvalue weighted by Crippen LogP contribution is 2.40. The van der Waals surface area contributed by atoms with Crippen LogP contribution in [0.25, 0.3) is 0 Å². The van der Waals surface area contributed by atoms with Crippen molar-refractivity contribution >= 4 is 40.0 Å². The van der Waals surface area contributed by atoms with E-state index in [1.807, 2.05) is 0 Å². The second kappa shape index (κ2) is 10.5. The summed E-state index contributed by atoms with van der Waals surface area (Å²) < 4.78 is 28.6. The van der Waals surface area contributed by atoms with Crippen molar-refractivity contribution in [1.82, 2.24) is 19.9 Å². The lowest BCUT2D eigenvalue weighted by Crippen LogP contribution is -2.45. The van der Waals surface area contributed by atoms with Crippen LogP contribution in [-0.2, 0) is 17.1 Å². The molecule has 9 heteroatoms. The van der Waals surface area contributed by atoms with Crippen molar-refractivity contribution in [2.24, 2.45) is 17.5 Å². The summed E-state index contributed by atoms with van der Waals surface area (Å²) in [5, 5.41) is 6.56. The molecule has 3 N–H and O–H groups in total. The lowest BCUT2D eigenvalue weighted by atomic mass is 9.83. The van der Waals surface area contributed by atoms with E-state index >= 15 is 0 Å². The van der Waals surface area contributed by atoms with E-state index in [-0.39, 0.29) is 28.9 Å². The first-order chi connectivity index (χ1) is 11.9. The van der Waals surface area contributed by atoms with Crippen molar-refractivity contribution in [2.45, 2.75) is 43.9 Å². The van der Waals surface area contributed by atoms with Crippen molar-refractivity contribution < 1.29 is 8.42 Å². The Labute approximate surface area is 174 Å². The summed E-state index contributed by atoms with van der Waals surface area (Å²) in [6, 6.07) is 1.59. The summed E-state index contributed by atoms with van der Waals surface area (Å²) in [6.45, 7) is 3.95. The summed E-state index contributed by atoms with van der Waals surface area (Å²) in [6.07, 6.45) is 9.63. The molecule has 2 rings (SSSR count). The van der Waals surface area contributed by atoms with Gasteiger partial charge in [-0.25, -0.2) is 13.1 Å². The number of nitrogens with one attached hydrogen (secondary N) is 3. The molecule has 0 aromatic carbocycles. The fraction of sp³-hybridized carbons (Fsp3) is 0.706. The molecule has 1 fully saturated rings. The first kappa shape index (κ1) is 23.2. The van der Waals surface area contributed by atoms with Gasteiger partial charge in [0.25, 0.3) is 0 Å². The molecular weight excluding hydrogens is 465 g/mol. The Balaban J connectivity index is 0.00000338. The third-order valence-electron chi connectivity index (χ3n) is 5.09. The van der Waals surface area contributed by atoms with Crippen molar-refractivity contribution in [2.75, 3.05) is 26.7 Å². The standard InChI is InChI=1S/C17H31N5O2S.HI/c1-4-17(8-5-6-9-17)14-20-16(18-2)19-10-11-21-25(23,24)15-7-12-22(3)13-15;/h7,12-13,21H,4-6,8-11,14H2,1-3H3,(H2,18,19,20);1H. The van der Waals surface area contributed by atoms with Gasteiger partial charge >= 0.3 is 0 Å². The zero-order chi connectivity index (χ0) is 18.3. The number of sulfonamides is 1. The highest BCUT2D eigenvalue weighted by atomic mass is 127. The molecule has 0 atom stereocenters. The van der Waals surface area contributed by atoms with Gasteiger partial charge in [-0.1, -0.05) is 19.8 Å². The molecule has 1 aromatic rings. The van der Waals surface area contributed by atoms with Gasteiger partial charge in [-0.3, -0.25) is 4.99 Å². The van der Waals surface area contributed by atoms with E-state index in [4.69, 9.17) is 0 Å². The van der Waals surface area contributed by atoms with Crippen LogP contribution >= 0.6 is 24.0 Å². The third-order valence-corrected chi connectivity index (χ3v) is 6.54. The van der Waals surface area contributed by atoms with Crippen molar-refractivity contribution in [3.8, 4) is 0 Å². The smallest absolute Gasteiger partial charge is 0.242 e. The molecule has 1 saturated carbocycles. The van der Waals surface area contributed by atoms with Gasteiger partial charge in [0.05, 0.1) is 4.90 Å². The Morgan fingerprint density at radius 3 is 2.50 bits per heavy atom. The van der Waals surface area contributed by atoms with Gasteiger partial charge in [-0.15, -0.1) is 24.0 Å². The molecule has 7 nitrogen and oxygen atoms in total. The maximum Gasteiger partial charge on any atom is 0.242 e. The fourth-order valence-electron chi connectivity index (χ4n) is 3.36. The van der Waals surface area contributed by atoms with E-state index in [9.17, 15) is 8.42 Å². The van der Waals surface area contributed by atoms with Gasteiger partial charge < -0.3 is 15.2 Å². The molecule has 1 aliphatic rings. The van der Waals surface area contributed by atoms with Gasteiger partial charge in [-0.05, 0) is 30.7 Å². The monoisotopic (exact) mass is 497 g/mol. The molecule has 0 aliphatic heterocycles. The van der Waals surface area contributed by atoms with Crippen LogP contribution in [0.2, 0.25) is 0 Å². The van der Waals surface area contributed by atoms with Gasteiger partial charge in [0.2, 0.25) is 10.0 Å². The Morgan fingerprint density at radius 2 is 1.96 bits per heavy atom. The minimum atomic E-state index is -3.45. The second-order valence-electron chi connectivity index (χ2n) is 6.82. The molecule has 0 bridgehead atoms. The molecule has 26 heavy (non-hydrogen) atoms. The Bertz CT molecular complexity index is 681. The topological polar surface area (TPSA) is 87.5 Å². The van der Waals surface area contributed by atoms with Crippen LogP contribution in [0, 0.1) is 5.41 Å². The summed E-state index contributed by atoms with van der Waals surface area (Å²) in [5.74, 6) is 0.721. The van der Waals surface area contributed by atoms with E-state index in [1.165, 1.54) is 32.1 Å². The Morgan fingerprint density at radius 1 is 1.27 bits per heavy atom. The predicted molar refractivity (Wildman–Crippen MR) is 117 cm³/mol. The maximum absolute atomic E-state index is 12.1. The number of aliphatic imine (C=N–C) groups is 1. The van der Waals surface area contributed by atoms with Gasteiger partial charge in [0.15, 0.2) is 5.96 Å². The number of guanidine groups is 1. The number of halogens is 1. The molecule has 1 heterocycles. The lowest BCUT2D eigenvalue weighted by molar-refractivity contribution is 0.283. The van der Waals surface area contributed by atoms with Crippen molar-refractivity contribution in [3.63, 3.8) is 0 Å². The minimum Gasteiger partial charge on any atom is -0.356 e. The van der Waals surface area contributed by atoms with Crippen LogP contribution in [0.3, 0.4) is 0 Å². The first-order valence-corrected chi connectivity index (χ1v) is 10.5. The van der Waals surface area contributed by atoms with Crippen molar-refractivity contribution in [1.29, 1.82) is 0 Å². The molecule has 0 radical (unpaired) electrons. The van der Waals surface area contributed by atoms with E-state index in [1.54, 1.807) is 37.1 Å². The molecule has 1 aromatic heterocycles. The van der Waals surface area contributed by atoms with Crippen LogP contribution in [0.15, 0.2) is 28.3 Å². The SMILES string of the molecule is CCC1(CNC(=NC)NCCNS(=O)(=O)c2ccn(C)c2)CCCC1.I. The van der Waals surface area contributed by atoms with Crippen LogP contribution in [0.4, 0.5) is 0 Å². The summed E-state index contributed by atoms with van der Waals surface area (Å²) >= 11 is 0. The minimum absolute atomic E-state index is 0. The highest BCUT2D eigenvalue weighted by Gasteiger charge is 2.31. The molecule has 0 spiro atoms. The average Bonchev–Trinajstić information content (AvgIpc) is 3.24.